The average Bonchev–Trinajstić information content (AvgIpc) is 2.13. The Bertz CT molecular complexity index is 180. The summed E-state index contributed by atoms with van der Waals surface area (Å²) in [6.07, 6.45) is 2.93. The minimum absolute atomic E-state index is 0.316. The van der Waals surface area contributed by atoms with Crippen LogP contribution in [-0.2, 0) is 4.74 Å². The molecule has 0 unspecified atom stereocenters. The van der Waals surface area contributed by atoms with E-state index in [1.54, 1.807) is 0 Å². The van der Waals surface area contributed by atoms with Crippen LogP contribution in [-0.4, -0.2) is 37.5 Å². The molecule has 0 bridgehead atoms. The Morgan fingerprint density at radius 1 is 1.36 bits per heavy atom. The van der Waals surface area contributed by atoms with Crippen molar-refractivity contribution in [1.29, 1.82) is 0 Å². The lowest BCUT2D eigenvalue weighted by atomic mass is 9.93. The number of rotatable bonds is 3. The van der Waals surface area contributed by atoms with Crippen LogP contribution >= 0.6 is 0 Å². The van der Waals surface area contributed by atoms with E-state index in [1.807, 2.05) is 6.21 Å². The number of nitrogens with zero attached hydrogens (tertiary/aromatic N) is 2. The molecule has 14 heavy (non-hydrogen) atoms. The van der Waals surface area contributed by atoms with Crippen molar-refractivity contribution in [1.82, 2.24) is 10.5 Å². The van der Waals surface area contributed by atoms with Crippen LogP contribution < -0.4 is 5.53 Å². The first-order chi connectivity index (χ1) is 6.58. The molecule has 0 spiro atoms. The summed E-state index contributed by atoms with van der Waals surface area (Å²) in [5.74, 6) is 0. The quantitative estimate of drug-likeness (QED) is 0.549. The van der Waals surface area contributed by atoms with Gasteiger partial charge in [0.1, 0.15) is 0 Å². The summed E-state index contributed by atoms with van der Waals surface area (Å²) in [5.41, 5.74) is 3.33. The molecule has 1 saturated heterocycles. The highest BCUT2D eigenvalue weighted by Crippen LogP contribution is 2.15. The molecule has 1 aliphatic rings. The van der Waals surface area contributed by atoms with Crippen molar-refractivity contribution in [2.75, 3.05) is 26.3 Å². The number of ether oxygens (including phenoxy) is 1. The minimum Gasteiger partial charge on any atom is -0.379 e. The number of hydrazone groups is 1. The van der Waals surface area contributed by atoms with Crippen LogP contribution in [0, 0.1) is 5.41 Å². The summed E-state index contributed by atoms with van der Waals surface area (Å²) in [6, 6.07) is 0. The van der Waals surface area contributed by atoms with E-state index in [0.717, 1.165) is 32.7 Å². The maximum atomic E-state index is 5.23. The number of nitrogens with one attached hydrogen (secondary N) is 1. The molecule has 0 amide bonds. The van der Waals surface area contributed by atoms with Gasteiger partial charge in [-0.3, -0.25) is 0 Å². The predicted octanol–water partition coefficient (Wildman–Crippen LogP) is 1.25. The van der Waals surface area contributed by atoms with E-state index < -0.39 is 0 Å². The minimum atomic E-state index is 0.316. The van der Waals surface area contributed by atoms with Gasteiger partial charge in [-0.05, 0) is 11.8 Å². The number of hydrogen-bond donors (Lipinski definition) is 1. The third kappa shape index (κ3) is 5.19. The van der Waals surface area contributed by atoms with Crippen molar-refractivity contribution in [3.8, 4) is 0 Å². The summed E-state index contributed by atoms with van der Waals surface area (Å²) < 4.78 is 5.23. The molecule has 4 nitrogen and oxygen atoms in total. The monoisotopic (exact) mass is 199 g/mol. The van der Waals surface area contributed by atoms with Crippen LogP contribution in [0.15, 0.2) is 5.10 Å². The second-order valence-electron chi connectivity index (χ2n) is 4.78. The van der Waals surface area contributed by atoms with Crippen molar-refractivity contribution in [2.24, 2.45) is 10.5 Å². The van der Waals surface area contributed by atoms with Gasteiger partial charge in [-0.25, -0.2) is 10.5 Å². The molecule has 1 N–H and O–H groups in total. The van der Waals surface area contributed by atoms with Crippen molar-refractivity contribution in [3.63, 3.8) is 0 Å². The number of hydrogen-bond acceptors (Lipinski definition) is 4. The molecule has 82 valence electrons. The molecular weight excluding hydrogens is 178 g/mol. The standard InChI is InChI=1S/C10H21N3O/c1-10(2,3)4-5-11-12-13-6-8-14-9-7-13/h5,12H,4,6-9H2,1-3H3. The van der Waals surface area contributed by atoms with Crippen molar-refractivity contribution in [2.45, 2.75) is 27.2 Å². The van der Waals surface area contributed by atoms with Gasteiger partial charge in [-0.1, -0.05) is 20.8 Å². The molecule has 0 saturated carbocycles. The number of hydrazine groups is 1. The Labute approximate surface area is 86.3 Å². The highest BCUT2D eigenvalue weighted by atomic mass is 16.5. The maximum absolute atomic E-state index is 5.23. The molecule has 1 heterocycles. The van der Waals surface area contributed by atoms with Crippen LogP contribution in [0.5, 0.6) is 0 Å². The first kappa shape index (κ1) is 11.5. The van der Waals surface area contributed by atoms with E-state index in [4.69, 9.17) is 4.74 Å². The van der Waals surface area contributed by atoms with E-state index in [9.17, 15) is 0 Å². The van der Waals surface area contributed by atoms with Gasteiger partial charge in [0.2, 0.25) is 0 Å². The highest BCUT2D eigenvalue weighted by molar-refractivity contribution is 5.57. The van der Waals surface area contributed by atoms with Gasteiger partial charge in [0.15, 0.2) is 0 Å². The first-order valence-electron chi connectivity index (χ1n) is 5.18. The molecule has 0 aromatic heterocycles. The average molecular weight is 199 g/mol. The van der Waals surface area contributed by atoms with Gasteiger partial charge in [-0.2, -0.15) is 5.10 Å². The van der Waals surface area contributed by atoms with Crippen molar-refractivity contribution in [3.05, 3.63) is 0 Å². The molecule has 0 aliphatic carbocycles. The third-order valence-electron chi connectivity index (χ3n) is 2.01. The molecule has 4 heteroatoms. The summed E-state index contributed by atoms with van der Waals surface area (Å²) in [5, 5.41) is 6.25. The molecule has 1 fully saturated rings. The Kier molecular flexibility index (Phi) is 4.35. The van der Waals surface area contributed by atoms with E-state index in [2.05, 4.69) is 36.4 Å². The Hall–Kier alpha value is -0.610. The SMILES string of the molecule is CC(C)(C)CC=NNN1CCOCC1. The lowest BCUT2D eigenvalue weighted by Crippen LogP contribution is -2.43. The normalized spacial score (nSPS) is 20.2. The first-order valence-corrected chi connectivity index (χ1v) is 5.18. The van der Waals surface area contributed by atoms with Gasteiger partial charge in [0, 0.05) is 19.3 Å². The van der Waals surface area contributed by atoms with Crippen molar-refractivity contribution >= 4 is 6.21 Å². The zero-order valence-corrected chi connectivity index (χ0v) is 9.42. The van der Waals surface area contributed by atoms with Gasteiger partial charge in [0.25, 0.3) is 0 Å². The molecule has 1 aliphatic heterocycles. The van der Waals surface area contributed by atoms with Crippen LogP contribution in [0.3, 0.4) is 0 Å². The lowest BCUT2D eigenvalue weighted by molar-refractivity contribution is 0.0127. The Balaban J connectivity index is 2.12. The van der Waals surface area contributed by atoms with E-state index in [-0.39, 0.29) is 0 Å². The summed E-state index contributed by atoms with van der Waals surface area (Å²) in [6.45, 7) is 10.0. The molecule has 0 atom stereocenters. The fraction of sp³-hybridized carbons (Fsp3) is 0.900. The van der Waals surface area contributed by atoms with Gasteiger partial charge >= 0.3 is 0 Å². The summed E-state index contributed by atoms with van der Waals surface area (Å²) in [7, 11) is 0. The number of morpholine rings is 1. The highest BCUT2D eigenvalue weighted by Gasteiger charge is 2.09. The molecule has 0 aromatic carbocycles. The zero-order valence-electron chi connectivity index (χ0n) is 9.42. The fourth-order valence-electron chi connectivity index (χ4n) is 1.11. The second-order valence-corrected chi connectivity index (χ2v) is 4.78. The zero-order chi connectivity index (χ0) is 10.4. The topological polar surface area (TPSA) is 36.9 Å². The second kappa shape index (κ2) is 5.32. The predicted molar refractivity (Wildman–Crippen MR) is 58.1 cm³/mol. The molecular formula is C10H21N3O. The van der Waals surface area contributed by atoms with Gasteiger partial charge in [0.05, 0.1) is 13.2 Å². The van der Waals surface area contributed by atoms with Crippen LogP contribution in [0.2, 0.25) is 0 Å². The Morgan fingerprint density at radius 2 is 2.00 bits per heavy atom. The lowest BCUT2D eigenvalue weighted by Gasteiger charge is -2.25. The van der Waals surface area contributed by atoms with Crippen LogP contribution in [0.1, 0.15) is 27.2 Å². The van der Waals surface area contributed by atoms with Crippen LogP contribution in [0.25, 0.3) is 0 Å². The Morgan fingerprint density at radius 3 is 2.57 bits per heavy atom. The molecule has 0 radical (unpaired) electrons. The maximum Gasteiger partial charge on any atom is 0.0613 e. The van der Waals surface area contributed by atoms with E-state index in [1.165, 1.54) is 0 Å². The van der Waals surface area contributed by atoms with Crippen molar-refractivity contribution < 1.29 is 4.74 Å². The van der Waals surface area contributed by atoms with E-state index >= 15 is 0 Å². The van der Waals surface area contributed by atoms with E-state index in [0.29, 0.717) is 5.41 Å². The smallest absolute Gasteiger partial charge is 0.0613 e. The summed E-state index contributed by atoms with van der Waals surface area (Å²) >= 11 is 0. The molecule has 0 aromatic rings. The van der Waals surface area contributed by atoms with Crippen LogP contribution in [0.4, 0.5) is 0 Å². The van der Waals surface area contributed by atoms with Gasteiger partial charge < -0.3 is 4.74 Å². The summed E-state index contributed by atoms with van der Waals surface area (Å²) in [4.78, 5) is 0. The van der Waals surface area contributed by atoms with Gasteiger partial charge in [-0.15, -0.1) is 0 Å². The molecule has 1 rings (SSSR count). The largest absolute Gasteiger partial charge is 0.379 e. The third-order valence-corrected chi connectivity index (χ3v) is 2.01. The fourth-order valence-corrected chi connectivity index (χ4v) is 1.11.